The van der Waals surface area contributed by atoms with Crippen LogP contribution in [0.15, 0.2) is 42.5 Å². The van der Waals surface area contributed by atoms with Gasteiger partial charge in [0.15, 0.2) is 5.78 Å². The van der Waals surface area contributed by atoms with Crippen LogP contribution in [0.2, 0.25) is 0 Å². The van der Waals surface area contributed by atoms with E-state index in [4.69, 9.17) is 0 Å². The normalized spacial score (nSPS) is 25.6. The predicted molar refractivity (Wildman–Crippen MR) is 92.0 cm³/mol. The zero-order valence-electron chi connectivity index (χ0n) is 13.3. The Morgan fingerprint density at radius 1 is 0.826 bits per heavy atom. The van der Waals surface area contributed by atoms with E-state index in [0.29, 0.717) is 0 Å². The van der Waals surface area contributed by atoms with Crippen molar-refractivity contribution < 1.29 is 4.79 Å². The predicted octanol–water partition coefficient (Wildman–Crippen LogP) is 2.90. The molecule has 3 aliphatic rings. The van der Waals surface area contributed by atoms with Gasteiger partial charge in [-0.25, -0.2) is 0 Å². The maximum atomic E-state index is 12.9. The largest absolute Gasteiger partial charge is 0.370 e. The molecular formula is C20H20N2O. The third kappa shape index (κ3) is 1.83. The lowest BCUT2D eigenvalue weighted by Gasteiger charge is -2.23. The molecule has 0 bridgehead atoms. The minimum absolute atomic E-state index is 0.195. The molecule has 0 amide bonds. The maximum Gasteiger partial charge on any atom is 0.196 e. The molecule has 2 saturated heterocycles. The lowest BCUT2D eigenvalue weighted by atomic mass is 10.0. The first-order chi connectivity index (χ1) is 11.2. The fraction of sp³-hybridized carbons (Fsp3) is 0.350. The first kappa shape index (κ1) is 13.3. The van der Waals surface area contributed by atoms with Gasteiger partial charge in [-0.05, 0) is 36.1 Å². The zero-order chi connectivity index (χ0) is 15.6. The highest BCUT2D eigenvalue weighted by Gasteiger charge is 2.40. The van der Waals surface area contributed by atoms with Crippen molar-refractivity contribution in [1.82, 2.24) is 4.90 Å². The van der Waals surface area contributed by atoms with Gasteiger partial charge in [-0.3, -0.25) is 4.79 Å². The second kappa shape index (κ2) is 4.68. The molecule has 5 rings (SSSR count). The van der Waals surface area contributed by atoms with E-state index >= 15 is 0 Å². The highest BCUT2D eigenvalue weighted by Crippen LogP contribution is 2.43. The van der Waals surface area contributed by atoms with Crippen LogP contribution in [0.3, 0.4) is 0 Å². The van der Waals surface area contributed by atoms with Gasteiger partial charge in [0.05, 0.1) is 5.56 Å². The van der Waals surface area contributed by atoms with E-state index in [1.807, 2.05) is 18.2 Å². The zero-order valence-corrected chi connectivity index (χ0v) is 13.3. The molecule has 3 nitrogen and oxygen atoms in total. The molecule has 2 unspecified atom stereocenters. The molecule has 116 valence electrons. The van der Waals surface area contributed by atoms with Crippen LogP contribution in [-0.4, -0.2) is 43.9 Å². The number of hydrogen-bond donors (Lipinski definition) is 0. The van der Waals surface area contributed by atoms with Crippen molar-refractivity contribution in [3.05, 3.63) is 53.6 Å². The molecule has 0 saturated carbocycles. The van der Waals surface area contributed by atoms with E-state index in [2.05, 4.69) is 41.1 Å². The summed E-state index contributed by atoms with van der Waals surface area (Å²) in [4.78, 5) is 17.8. The molecule has 2 aliphatic heterocycles. The van der Waals surface area contributed by atoms with Crippen molar-refractivity contribution in [2.45, 2.75) is 0 Å². The van der Waals surface area contributed by atoms with Crippen LogP contribution in [0.25, 0.3) is 11.1 Å². The van der Waals surface area contributed by atoms with Crippen molar-refractivity contribution in [3.8, 4) is 11.1 Å². The number of rotatable bonds is 1. The molecule has 2 fully saturated rings. The van der Waals surface area contributed by atoms with E-state index in [1.54, 1.807) is 0 Å². The van der Waals surface area contributed by atoms with Crippen LogP contribution in [0.4, 0.5) is 5.69 Å². The van der Waals surface area contributed by atoms with Gasteiger partial charge in [-0.2, -0.15) is 0 Å². The third-order valence-electron chi connectivity index (χ3n) is 5.74. The monoisotopic (exact) mass is 304 g/mol. The summed E-state index contributed by atoms with van der Waals surface area (Å²) in [6.45, 7) is 4.53. The van der Waals surface area contributed by atoms with Gasteiger partial charge in [-0.15, -0.1) is 0 Å². The highest BCUT2D eigenvalue weighted by molar-refractivity contribution is 6.24. The molecule has 1 aliphatic carbocycles. The van der Waals surface area contributed by atoms with Gasteiger partial charge < -0.3 is 9.80 Å². The van der Waals surface area contributed by atoms with Crippen LogP contribution in [0.1, 0.15) is 15.9 Å². The molecular weight excluding hydrogens is 284 g/mol. The molecule has 0 aromatic heterocycles. The molecule has 0 spiro atoms. The van der Waals surface area contributed by atoms with Crippen molar-refractivity contribution >= 4 is 11.5 Å². The van der Waals surface area contributed by atoms with Crippen LogP contribution in [0, 0.1) is 11.8 Å². The van der Waals surface area contributed by atoms with E-state index < -0.39 is 0 Å². The summed E-state index contributed by atoms with van der Waals surface area (Å²) in [7, 11) is 2.21. The fourth-order valence-corrected chi connectivity index (χ4v) is 4.74. The van der Waals surface area contributed by atoms with E-state index in [-0.39, 0.29) is 5.78 Å². The van der Waals surface area contributed by atoms with E-state index in [9.17, 15) is 4.79 Å². The summed E-state index contributed by atoms with van der Waals surface area (Å²) in [5.41, 5.74) is 5.11. The lowest BCUT2D eigenvalue weighted by Crippen LogP contribution is -2.27. The molecule has 2 aromatic carbocycles. The Hall–Kier alpha value is -2.13. The average Bonchev–Trinajstić information content (AvgIpc) is 3.18. The summed E-state index contributed by atoms with van der Waals surface area (Å²) in [6.07, 6.45) is 0. The van der Waals surface area contributed by atoms with Crippen molar-refractivity contribution in [2.24, 2.45) is 11.8 Å². The van der Waals surface area contributed by atoms with Gasteiger partial charge in [-0.1, -0.05) is 36.4 Å². The van der Waals surface area contributed by atoms with Crippen molar-refractivity contribution in [3.63, 3.8) is 0 Å². The summed E-state index contributed by atoms with van der Waals surface area (Å²) < 4.78 is 0. The molecule has 2 aromatic rings. The Morgan fingerprint density at radius 3 is 2.22 bits per heavy atom. The number of hydrogen-bond acceptors (Lipinski definition) is 3. The number of carbonyl (C=O) groups is 1. The Bertz CT molecular complexity index is 799. The minimum Gasteiger partial charge on any atom is -0.370 e. The summed E-state index contributed by atoms with van der Waals surface area (Å²) in [6, 6.07) is 14.3. The van der Waals surface area contributed by atoms with Crippen LogP contribution >= 0.6 is 0 Å². The maximum absolute atomic E-state index is 12.9. The van der Waals surface area contributed by atoms with E-state index in [0.717, 1.165) is 52.9 Å². The number of ketones is 1. The summed E-state index contributed by atoms with van der Waals surface area (Å²) in [5, 5.41) is 0. The molecule has 2 atom stereocenters. The fourth-order valence-electron chi connectivity index (χ4n) is 4.74. The lowest BCUT2D eigenvalue weighted by molar-refractivity contribution is 0.104. The third-order valence-corrected chi connectivity index (χ3v) is 5.74. The topological polar surface area (TPSA) is 23.6 Å². The Labute approximate surface area is 136 Å². The summed E-state index contributed by atoms with van der Waals surface area (Å²) in [5.74, 6) is 1.69. The first-order valence-electron chi connectivity index (χ1n) is 8.43. The van der Waals surface area contributed by atoms with Crippen LogP contribution < -0.4 is 4.90 Å². The number of carbonyl (C=O) groups excluding carboxylic acids is 1. The second-order valence-electron chi connectivity index (χ2n) is 7.22. The van der Waals surface area contributed by atoms with E-state index in [1.165, 1.54) is 13.1 Å². The quantitative estimate of drug-likeness (QED) is 0.690. The molecule has 3 heteroatoms. The minimum atomic E-state index is 0.195. The van der Waals surface area contributed by atoms with Crippen LogP contribution in [-0.2, 0) is 0 Å². The van der Waals surface area contributed by atoms with Gasteiger partial charge in [0.2, 0.25) is 0 Å². The molecule has 0 radical (unpaired) electrons. The van der Waals surface area contributed by atoms with Gasteiger partial charge in [0.25, 0.3) is 0 Å². The van der Waals surface area contributed by atoms with Gasteiger partial charge >= 0.3 is 0 Å². The number of nitrogens with zero attached hydrogens (tertiary/aromatic N) is 2. The summed E-state index contributed by atoms with van der Waals surface area (Å²) >= 11 is 0. The number of anilines is 1. The molecule has 23 heavy (non-hydrogen) atoms. The molecule has 0 N–H and O–H groups in total. The van der Waals surface area contributed by atoms with Crippen molar-refractivity contribution in [1.29, 1.82) is 0 Å². The number of benzene rings is 2. The van der Waals surface area contributed by atoms with Gasteiger partial charge in [0.1, 0.15) is 0 Å². The Morgan fingerprint density at radius 2 is 1.48 bits per heavy atom. The van der Waals surface area contributed by atoms with Crippen molar-refractivity contribution in [2.75, 3.05) is 38.1 Å². The average molecular weight is 304 g/mol. The smallest absolute Gasteiger partial charge is 0.196 e. The number of fused-ring (bicyclic) bond motifs is 4. The Kier molecular flexibility index (Phi) is 2.71. The second-order valence-corrected chi connectivity index (χ2v) is 7.22. The molecule has 2 heterocycles. The first-order valence-corrected chi connectivity index (χ1v) is 8.43. The number of likely N-dealkylation sites (tertiary alicyclic amines) is 1. The van der Waals surface area contributed by atoms with Crippen LogP contribution in [0.5, 0.6) is 0 Å². The highest BCUT2D eigenvalue weighted by atomic mass is 16.1. The SMILES string of the molecule is CN1CC2CN(c3cccc4c3C(=O)c3ccccc3-4)CC2C1. The van der Waals surface area contributed by atoms with Gasteiger partial charge in [0, 0.05) is 37.4 Å². The standard InChI is InChI=1S/C20H20N2O/c1-21-9-13-11-22(12-14(13)10-21)18-8-4-7-16-15-5-2-3-6-17(15)20(23)19(16)18/h2-8,13-14H,9-12H2,1H3. The Balaban J connectivity index is 1.57.